The van der Waals surface area contributed by atoms with Gasteiger partial charge in [0.25, 0.3) is 0 Å². The second-order valence-corrected chi connectivity index (χ2v) is 6.68. The van der Waals surface area contributed by atoms with Gasteiger partial charge >= 0.3 is 12.1 Å². The summed E-state index contributed by atoms with van der Waals surface area (Å²) in [6.45, 7) is 9.25. The average Bonchev–Trinajstić information content (AvgIpc) is 2.19. The lowest BCUT2D eigenvalue weighted by atomic mass is 9.70. The highest BCUT2D eigenvalue weighted by molar-refractivity contribution is 5.85. The van der Waals surface area contributed by atoms with Crippen LogP contribution >= 0.6 is 0 Å². The Bertz CT molecular complexity index is 361. The van der Waals surface area contributed by atoms with Crippen LogP contribution in [0.15, 0.2) is 0 Å². The molecule has 1 fully saturated rings. The van der Waals surface area contributed by atoms with Gasteiger partial charge in [-0.1, -0.05) is 13.8 Å². The summed E-state index contributed by atoms with van der Waals surface area (Å²) in [5, 5.41) is 12.1. The fourth-order valence-electron chi connectivity index (χ4n) is 2.69. The number of nitrogens with one attached hydrogen (secondary N) is 1. The summed E-state index contributed by atoms with van der Waals surface area (Å²) < 4.78 is 5.18. The molecule has 3 unspecified atom stereocenters. The smallest absolute Gasteiger partial charge is 0.408 e. The van der Waals surface area contributed by atoms with Gasteiger partial charge in [0.1, 0.15) is 11.1 Å². The van der Waals surface area contributed by atoms with Crippen LogP contribution in [0.3, 0.4) is 0 Å². The Balaban J connectivity index is 2.84. The third-order valence-corrected chi connectivity index (χ3v) is 3.73. The first-order chi connectivity index (χ1) is 8.57. The van der Waals surface area contributed by atoms with E-state index in [4.69, 9.17) is 4.74 Å². The van der Waals surface area contributed by atoms with Gasteiger partial charge in [-0.2, -0.15) is 0 Å². The number of aliphatic carboxylic acids is 1. The van der Waals surface area contributed by atoms with Gasteiger partial charge in [-0.3, -0.25) is 0 Å². The number of alkyl carbamates (subject to hydrolysis) is 1. The summed E-state index contributed by atoms with van der Waals surface area (Å²) in [6.07, 6.45) is 1.38. The Morgan fingerprint density at radius 3 is 2.32 bits per heavy atom. The van der Waals surface area contributed by atoms with Crippen LogP contribution < -0.4 is 5.32 Å². The maximum absolute atomic E-state index is 11.9. The summed E-state index contributed by atoms with van der Waals surface area (Å²) in [5.74, 6) is -0.595. The second kappa shape index (κ2) is 5.39. The Labute approximate surface area is 114 Å². The average molecular weight is 271 g/mol. The molecular formula is C14H25NO4. The highest BCUT2D eigenvalue weighted by Crippen LogP contribution is 2.37. The van der Waals surface area contributed by atoms with Gasteiger partial charge in [0, 0.05) is 0 Å². The number of carbonyl (C=O) groups is 2. The van der Waals surface area contributed by atoms with E-state index in [2.05, 4.69) is 12.2 Å². The van der Waals surface area contributed by atoms with E-state index in [0.29, 0.717) is 12.3 Å². The number of hydrogen-bond donors (Lipinski definition) is 2. The molecule has 0 aromatic carbocycles. The zero-order chi connectivity index (χ0) is 14.8. The molecule has 0 bridgehead atoms. The van der Waals surface area contributed by atoms with Crippen LogP contribution in [-0.4, -0.2) is 28.3 Å². The molecule has 0 radical (unpaired) electrons. The molecule has 0 aliphatic heterocycles. The van der Waals surface area contributed by atoms with Crippen molar-refractivity contribution in [2.45, 2.75) is 65.0 Å². The number of hydrogen-bond acceptors (Lipinski definition) is 3. The fraction of sp³-hybridized carbons (Fsp3) is 0.857. The van der Waals surface area contributed by atoms with E-state index in [-0.39, 0.29) is 5.92 Å². The Kier molecular flexibility index (Phi) is 4.48. The van der Waals surface area contributed by atoms with Gasteiger partial charge in [-0.05, 0) is 51.9 Å². The van der Waals surface area contributed by atoms with Crippen LogP contribution in [0.25, 0.3) is 0 Å². The minimum atomic E-state index is -1.20. The highest BCUT2D eigenvalue weighted by Gasteiger charge is 2.48. The molecule has 0 spiro atoms. The Morgan fingerprint density at radius 1 is 1.32 bits per heavy atom. The van der Waals surface area contributed by atoms with Crippen LogP contribution in [-0.2, 0) is 9.53 Å². The topological polar surface area (TPSA) is 75.6 Å². The quantitative estimate of drug-likeness (QED) is 0.809. The zero-order valence-electron chi connectivity index (χ0n) is 12.4. The van der Waals surface area contributed by atoms with E-state index < -0.39 is 23.2 Å². The third kappa shape index (κ3) is 3.85. The number of carboxylic acids is 1. The van der Waals surface area contributed by atoms with Crippen LogP contribution in [0.2, 0.25) is 0 Å². The maximum atomic E-state index is 11.9. The van der Waals surface area contributed by atoms with Crippen LogP contribution in [0.4, 0.5) is 4.79 Å². The lowest BCUT2D eigenvalue weighted by molar-refractivity contribution is -0.149. The molecule has 0 aromatic heterocycles. The first kappa shape index (κ1) is 15.8. The summed E-state index contributed by atoms with van der Waals surface area (Å²) in [4.78, 5) is 23.5. The van der Waals surface area contributed by atoms with Crippen molar-refractivity contribution in [3.05, 3.63) is 0 Å². The molecule has 0 saturated heterocycles. The lowest BCUT2D eigenvalue weighted by Crippen LogP contribution is -2.61. The molecule has 2 N–H and O–H groups in total. The molecule has 5 heteroatoms. The van der Waals surface area contributed by atoms with Crippen molar-refractivity contribution in [3.63, 3.8) is 0 Å². The maximum Gasteiger partial charge on any atom is 0.408 e. The monoisotopic (exact) mass is 271 g/mol. The van der Waals surface area contributed by atoms with Crippen molar-refractivity contribution in [2.75, 3.05) is 0 Å². The summed E-state index contributed by atoms with van der Waals surface area (Å²) >= 11 is 0. The molecule has 0 heterocycles. The Hall–Kier alpha value is -1.26. The standard InChI is InChI=1S/C14H25NO4/c1-9-6-7-14(11(16)17,10(2)8-9)15-12(18)19-13(3,4)5/h9-10H,6-8H2,1-5H3,(H,15,18)(H,16,17). The van der Waals surface area contributed by atoms with Crippen molar-refractivity contribution >= 4 is 12.1 Å². The van der Waals surface area contributed by atoms with Gasteiger partial charge in [0.05, 0.1) is 0 Å². The number of ether oxygens (including phenoxy) is 1. The molecule has 1 rings (SSSR count). The number of amides is 1. The SMILES string of the molecule is CC1CCC(NC(=O)OC(C)(C)C)(C(=O)O)C(C)C1. The minimum Gasteiger partial charge on any atom is -0.479 e. The highest BCUT2D eigenvalue weighted by atomic mass is 16.6. The van der Waals surface area contributed by atoms with Gasteiger partial charge in [-0.25, -0.2) is 9.59 Å². The predicted octanol–water partition coefficient (Wildman–Crippen LogP) is 2.79. The largest absolute Gasteiger partial charge is 0.479 e. The van der Waals surface area contributed by atoms with Gasteiger partial charge in [-0.15, -0.1) is 0 Å². The predicted molar refractivity (Wildman–Crippen MR) is 71.9 cm³/mol. The fourth-order valence-corrected chi connectivity index (χ4v) is 2.69. The van der Waals surface area contributed by atoms with Crippen molar-refractivity contribution in [1.29, 1.82) is 0 Å². The van der Waals surface area contributed by atoms with E-state index in [1.807, 2.05) is 6.92 Å². The zero-order valence-corrected chi connectivity index (χ0v) is 12.4. The van der Waals surface area contributed by atoms with Crippen molar-refractivity contribution in [1.82, 2.24) is 5.32 Å². The summed E-state index contributed by atoms with van der Waals surface area (Å²) in [6, 6.07) is 0. The van der Waals surface area contributed by atoms with Crippen molar-refractivity contribution in [2.24, 2.45) is 11.8 Å². The minimum absolute atomic E-state index is 0.110. The number of carboxylic acid groups (broad SMARTS) is 1. The first-order valence-electron chi connectivity index (χ1n) is 6.81. The molecule has 1 aliphatic carbocycles. The third-order valence-electron chi connectivity index (χ3n) is 3.73. The molecule has 19 heavy (non-hydrogen) atoms. The molecule has 1 amide bonds. The van der Waals surface area contributed by atoms with Crippen LogP contribution in [0.1, 0.15) is 53.9 Å². The summed E-state index contributed by atoms with van der Waals surface area (Å²) in [7, 11) is 0. The lowest BCUT2D eigenvalue weighted by Gasteiger charge is -2.41. The van der Waals surface area contributed by atoms with Gasteiger partial charge in [0.2, 0.25) is 0 Å². The Morgan fingerprint density at radius 2 is 1.89 bits per heavy atom. The normalized spacial score (nSPS) is 31.6. The van der Waals surface area contributed by atoms with E-state index >= 15 is 0 Å². The number of carbonyl (C=O) groups excluding carboxylic acids is 1. The van der Waals surface area contributed by atoms with Gasteiger partial charge < -0.3 is 15.2 Å². The van der Waals surface area contributed by atoms with E-state index in [9.17, 15) is 14.7 Å². The molecule has 1 saturated carbocycles. The van der Waals surface area contributed by atoms with Gasteiger partial charge in [0.15, 0.2) is 0 Å². The molecule has 0 aromatic rings. The van der Waals surface area contributed by atoms with E-state index in [1.54, 1.807) is 20.8 Å². The van der Waals surface area contributed by atoms with Crippen LogP contribution in [0, 0.1) is 11.8 Å². The molecule has 1 aliphatic rings. The van der Waals surface area contributed by atoms with Crippen LogP contribution in [0.5, 0.6) is 0 Å². The number of rotatable bonds is 2. The van der Waals surface area contributed by atoms with E-state index in [0.717, 1.165) is 12.8 Å². The summed E-state index contributed by atoms with van der Waals surface area (Å²) in [5.41, 5.74) is -1.83. The molecular weight excluding hydrogens is 246 g/mol. The molecule has 5 nitrogen and oxygen atoms in total. The van der Waals surface area contributed by atoms with Crippen molar-refractivity contribution < 1.29 is 19.4 Å². The van der Waals surface area contributed by atoms with E-state index in [1.165, 1.54) is 0 Å². The molecule has 110 valence electrons. The first-order valence-corrected chi connectivity index (χ1v) is 6.81. The molecule has 3 atom stereocenters. The second-order valence-electron chi connectivity index (χ2n) is 6.68. The van der Waals surface area contributed by atoms with Crippen molar-refractivity contribution in [3.8, 4) is 0 Å².